The Bertz CT molecular complexity index is 299. The summed E-state index contributed by atoms with van der Waals surface area (Å²) in [6, 6.07) is 7.64. The monoisotopic (exact) mass is 235 g/mol. The van der Waals surface area contributed by atoms with Crippen molar-refractivity contribution in [3.63, 3.8) is 0 Å². The van der Waals surface area contributed by atoms with Crippen LogP contribution in [0.4, 0.5) is 0 Å². The summed E-state index contributed by atoms with van der Waals surface area (Å²) in [4.78, 5) is 0. The van der Waals surface area contributed by atoms with Crippen LogP contribution in [0.1, 0.15) is 50.5 Å². The van der Waals surface area contributed by atoms with Crippen molar-refractivity contribution < 1.29 is 5.11 Å². The van der Waals surface area contributed by atoms with Gasteiger partial charge in [-0.1, -0.05) is 50.3 Å². The maximum absolute atomic E-state index is 9.60. The molecule has 0 saturated carbocycles. The van der Waals surface area contributed by atoms with Crippen molar-refractivity contribution in [2.45, 2.75) is 51.4 Å². The van der Waals surface area contributed by atoms with Crippen LogP contribution < -0.4 is 5.73 Å². The smallest absolute Gasteiger partial charge is 0.118 e. The van der Waals surface area contributed by atoms with Gasteiger partial charge in [0.2, 0.25) is 0 Å². The number of aromatic hydroxyl groups is 1. The SMILES string of the molecule is NCCCCCCCCCc1ccccc1O. The Balaban J connectivity index is 1.99. The van der Waals surface area contributed by atoms with Crippen molar-refractivity contribution in [2.24, 2.45) is 5.73 Å². The van der Waals surface area contributed by atoms with Gasteiger partial charge in [-0.15, -0.1) is 0 Å². The number of benzene rings is 1. The fourth-order valence-electron chi connectivity index (χ4n) is 2.07. The van der Waals surface area contributed by atoms with Gasteiger partial charge < -0.3 is 10.8 Å². The molecule has 0 spiro atoms. The molecule has 0 radical (unpaired) electrons. The van der Waals surface area contributed by atoms with E-state index < -0.39 is 0 Å². The molecular weight excluding hydrogens is 210 g/mol. The van der Waals surface area contributed by atoms with Gasteiger partial charge in [-0.3, -0.25) is 0 Å². The second-order valence-electron chi connectivity index (χ2n) is 4.64. The lowest BCUT2D eigenvalue weighted by Crippen LogP contribution is -1.97. The first-order chi connectivity index (χ1) is 8.34. The van der Waals surface area contributed by atoms with E-state index in [1.165, 1.54) is 38.5 Å². The average Bonchev–Trinajstić information content (AvgIpc) is 2.35. The molecule has 2 nitrogen and oxygen atoms in total. The first kappa shape index (κ1) is 14.0. The molecule has 0 aliphatic rings. The van der Waals surface area contributed by atoms with Gasteiger partial charge in [-0.25, -0.2) is 0 Å². The molecule has 0 fully saturated rings. The Morgan fingerprint density at radius 1 is 0.824 bits per heavy atom. The number of nitrogens with two attached hydrogens (primary N) is 1. The molecule has 0 aliphatic carbocycles. The maximum atomic E-state index is 9.60. The highest BCUT2D eigenvalue weighted by molar-refractivity contribution is 5.31. The summed E-state index contributed by atoms with van der Waals surface area (Å²) in [6.07, 6.45) is 9.81. The van der Waals surface area contributed by atoms with Crippen LogP contribution in [0.25, 0.3) is 0 Å². The summed E-state index contributed by atoms with van der Waals surface area (Å²) in [5, 5.41) is 9.60. The number of phenols is 1. The highest BCUT2D eigenvalue weighted by Gasteiger charge is 1.98. The summed E-state index contributed by atoms with van der Waals surface area (Å²) in [5.41, 5.74) is 6.53. The summed E-state index contributed by atoms with van der Waals surface area (Å²) >= 11 is 0. The third kappa shape index (κ3) is 6.32. The standard InChI is InChI=1S/C15H25NO/c16-13-9-5-3-1-2-4-6-10-14-11-7-8-12-15(14)17/h7-8,11-12,17H,1-6,9-10,13,16H2. The molecule has 0 bridgehead atoms. The Hall–Kier alpha value is -1.02. The van der Waals surface area contributed by atoms with Gasteiger partial charge in [-0.2, -0.15) is 0 Å². The molecule has 0 amide bonds. The first-order valence-corrected chi connectivity index (χ1v) is 6.81. The number of phenolic OH excluding ortho intramolecular Hbond substituents is 1. The highest BCUT2D eigenvalue weighted by Crippen LogP contribution is 2.18. The fourth-order valence-corrected chi connectivity index (χ4v) is 2.07. The van der Waals surface area contributed by atoms with E-state index in [4.69, 9.17) is 5.73 Å². The number of para-hydroxylation sites is 1. The number of hydrogen-bond acceptors (Lipinski definition) is 2. The third-order valence-corrected chi connectivity index (χ3v) is 3.14. The average molecular weight is 235 g/mol. The summed E-state index contributed by atoms with van der Waals surface area (Å²) in [6.45, 7) is 0.827. The second kappa shape index (κ2) is 9.06. The number of aryl methyl sites for hydroxylation is 1. The predicted molar refractivity (Wildman–Crippen MR) is 73.2 cm³/mol. The zero-order chi connectivity index (χ0) is 12.3. The molecule has 96 valence electrons. The molecule has 0 atom stereocenters. The van der Waals surface area contributed by atoms with Gasteiger partial charge in [-0.05, 0) is 37.4 Å². The molecule has 1 rings (SSSR count). The van der Waals surface area contributed by atoms with Crippen molar-refractivity contribution in [1.82, 2.24) is 0 Å². The van der Waals surface area contributed by atoms with Crippen LogP contribution in [0.5, 0.6) is 5.75 Å². The van der Waals surface area contributed by atoms with Gasteiger partial charge in [0.15, 0.2) is 0 Å². The van der Waals surface area contributed by atoms with E-state index in [2.05, 4.69) is 0 Å². The normalized spacial score (nSPS) is 10.6. The van der Waals surface area contributed by atoms with E-state index in [0.29, 0.717) is 5.75 Å². The molecule has 0 unspecified atom stereocenters. The molecule has 3 N–H and O–H groups in total. The summed E-state index contributed by atoms with van der Waals surface area (Å²) in [7, 11) is 0. The fraction of sp³-hybridized carbons (Fsp3) is 0.600. The molecule has 1 aromatic rings. The molecule has 0 saturated heterocycles. The summed E-state index contributed by atoms with van der Waals surface area (Å²) in [5.74, 6) is 0.440. The Labute approximate surface area is 105 Å². The molecule has 2 heteroatoms. The van der Waals surface area contributed by atoms with E-state index in [-0.39, 0.29) is 0 Å². The minimum atomic E-state index is 0.440. The van der Waals surface area contributed by atoms with Crippen LogP contribution in [0, 0.1) is 0 Å². The Morgan fingerprint density at radius 3 is 2.06 bits per heavy atom. The molecule has 0 heterocycles. The summed E-state index contributed by atoms with van der Waals surface area (Å²) < 4.78 is 0. The lowest BCUT2D eigenvalue weighted by Gasteiger charge is -2.04. The number of unbranched alkanes of at least 4 members (excludes halogenated alkanes) is 6. The van der Waals surface area contributed by atoms with Crippen LogP contribution in [0.15, 0.2) is 24.3 Å². The van der Waals surface area contributed by atoms with Gasteiger partial charge in [0.05, 0.1) is 0 Å². The van der Waals surface area contributed by atoms with Crippen LogP contribution in [0.3, 0.4) is 0 Å². The quantitative estimate of drug-likeness (QED) is 0.642. The van der Waals surface area contributed by atoms with E-state index in [1.54, 1.807) is 6.07 Å². The number of rotatable bonds is 9. The lowest BCUT2D eigenvalue weighted by atomic mass is 10.0. The van der Waals surface area contributed by atoms with E-state index in [0.717, 1.165) is 24.9 Å². The third-order valence-electron chi connectivity index (χ3n) is 3.14. The maximum Gasteiger partial charge on any atom is 0.118 e. The minimum Gasteiger partial charge on any atom is -0.508 e. The van der Waals surface area contributed by atoms with Gasteiger partial charge in [0.25, 0.3) is 0 Å². The molecule has 0 aliphatic heterocycles. The molecular formula is C15H25NO. The highest BCUT2D eigenvalue weighted by atomic mass is 16.3. The van der Waals surface area contributed by atoms with Crippen molar-refractivity contribution >= 4 is 0 Å². The van der Waals surface area contributed by atoms with E-state index in [9.17, 15) is 5.11 Å². The topological polar surface area (TPSA) is 46.2 Å². The van der Waals surface area contributed by atoms with Gasteiger partial charge in [0.1, 0.15) is 5.75 Å². The predicted octanol–water partition coefficient (Wildman–Crippen LogP) is 3.62. The van der Waals surface area contributed by atoms with Crippen molar-refractivity contribution in [3.05, 3.63) is 29.8 Å². The molecule has 1 aromatic carbocycles. The van der Waals surface area contributed by atoms with Crippen molar-refractivity contribution in [1.29, 1.82) is 0 Å². The number of hydrogen-bond donors (Lipinski definition) is 2. The second-order valence-corrected chi connectivity index (χ2v) is 4.64. The van der Waals surface area contributed by atoms with Gasteiger partial charge in [0, 0.05) is 0 Å². The molecule has 0 aromatic heterocycles. The zero-order valence-corrected chi connectivity index (χ0v) is 10.7. The van der Waals surface area contributed by atoms with Crippen LogP contribution in [-0.4, -0.2) is 11.7 Å². The zero-order valence-electron chi connectivity index (χ0n) is 10.7. The van der Waals surface area contributed by atoms with Crippen molar-refractivity contribution in [2.75, 3.05) is 6.54 Å². The molecule has 17 heavy (non-hydrogen) atoms. The van der Waals surface area contributed by atoms with Crippen LogP contribution in [-0.2, 0) is 6.42 Å². The van der Waals surface area contributed by atoms with Crippen LogP contribution in [0.2, 0.25) is 0 Å². The van der Waals surface area contributed by atoms with Crippen molar-refractivity contribution in [3.8, 4) is 5.75 Å². The lowest BCUT2D eigenvalue weighted by molar-refractivity contribution is 0.466. The van der Waals surface area contributed by atoms with E-state index >= 15 is 0 Å². The largest absolute Gasteiger partial charge is 0.508 e. The Kier molecular flexibility index (Phi) is 7.48. The first-order valence-electron chi connectivity index (χ1n) is 6.81. The minimum absolute atomic E-state index is 0.440. The van der Waals surface area contributed by atoms with Gasteiger partial charge >= 0.3 is 0 Å². The van der Waals surface area contributed by atoms with E-state index in [1.807, 2.05) is 18.2 Å². The van der Waals surface area contributed by atoms with Crippen LogP contribution >= 0.6 is 0 Å². The Morgan fingerprint density at radius 2 is 1.41 bits per heavy atom.